The average molecular weight is 466 g/mol. The van der Waals surface area contributed by atoms with Crippen LogP contribution in [0.15, 0.2) is 72.4 Å². The summed E-state index contributed by atoms with van der Waals surface area (Å²) < 4.78 is 13.3. The molecule has 0 atom stereocenters. The Labute approximate surface area is 193 Å². The van der Waals surface area contributed by atoms with E-state index in [1.807, 2.05) is 6.92 Å². The van der Waals surface area contributed by atoms with Crippen molar-refractivity contribution in [2.24, 2.45) is 0 Å². The van der Waals surface area contributed by atoms with Gasteiger partial charge in [-0.1, -0.05) is 29.8 Å². The van der Waals surface area contributed by atoms with Crippen molar-refractivity contribution < 1.29 is 18.9 Å². The van der Waals surface area contributed by atoms with Crippen LogP contribution in [0.5, 0.6) is 0 Å². The molecular formula is C24H17ClFN3O4. The number of anilines is 1. The number of nitro benzene ring substituents is 1. The number of hydrogen-bond donors (Lipinski definition) is 1. The normalized spacial score (nSPS) is 13.6. The van der Waals surface area contributed by atoms with E-state index in [4.69, 9.17) is 11.6 Å². The van der Waals surface area contributed by atoms with Crippen molar-refractivity contribution in [3.8, 4) is 0 Å². The molecule has 2 amide bonds. The quantitative estimate of drug-likeness (QED) is 0.311. The van der Waals surface area contributed by atoms with Crippen LogP contribution in [0.25, 0.3) is 5.57 Å². The fourth-order valence-corrected chi connectivity index (χ4v) is 3.66. The van der Waals surface area contributed by atoms with E-state index >= 15 is 0 Å². The number of nitrogens with one attached hydrogen (secondary N) is 1. The first-order valence-corrected chi connectivity index (χ1v) is 10.3. The molecule has 166 valence electrons. The second-order valence-corrected chi connectivity index (χ2v) is 7.90. The number of nitro groups is 1. The molecule has 3 aromatic carbocycles. The highest BCUT2D eigenvalue weighted by atomic mass is 35.5. The van der Waals surface area contributed by atoms with Gasteiger partial charge < -0.3 is 5.32 Å². The number of carbonyl (C=O) groups is 2. The fourth-order valence-electron chi connectivity index (χ4n) is 3.49. The summed E-state index contributed by atoms with van der Waals surface area (Å²) in [4.78, 5) is 38.2. The lowest BCUT2D eigenvalue weighted by Crippen LogP contribution is -2.32. The van der Waals surface area contributed by atoms with Crippen molar-refractivity contribution in [1.82, 2.24) is 4.90 Å². The molecule has 1 heterocycles. The van der Waals surface area contributed by atoms with Gasteiger partial charge in [0.15, 0.2) is 0 Å². The van der Waals surface area contributed by atoms with Gasteiger partial charge >= 0.3 is 0 Å². The second kappa shape index (κ2) is 8.84. The monoisotopic (exact) mass is 465 g/mol. The molecule has 0 spiro atoms. The summed E-state index contributed by atoms with van der Waals surface area (Å²) in [6, 6.07) is 16.0. The molecule has 4 rings (SSSR count). The Bertz CT molecular complexity index is 1300. The maximum Gasteiger partial charge on any atom is 0.278 e. The summed E-state index contributed by atoms with van der Waals surface area (Å²) in [5.74, 6) is -1.57. The van der Waals surface area contributed by atoms with Gasteiger partial charge in [-0.05, 0) is 60.0 Å². The highest BCUT2D eigenvalue weighted by molar-refractivity contribution is 6.36. The Kier molecular flexibility index (Phi) is 5.93. The molecule has 0 unspecified atom stereocenters. The molecule has 7 nitrogen and oxygen atoms in total. The van der Waals surface area contributed by atoms with E-state index in [0.29, 0.717) is 21.8 Å². The average Bonchev–Trinajstić information content (AvgIpc) is 3.02. The molecule has 0 aromatic heterocycles. The second-order valence-electron chi connectivity index (χ2n) is 7.46. The number of carbonyl (C=O) groups excluding carboxylic acids is 2. The molecule has 9 heteroatoms. The van der Waals surface area contributed by atoms with Crippen molar-refractivity contribution >= 4 is 40.4 Å². The van der Waals surface area contributed by atoms with Crippen molar-refractivity contribution in [1.29, 1.82) is 0 Å². The van der Waals surface area contributed by atoms with Crippen molar-refractivity contribution in [2.45, 2.75) is 13.5 Å². The Balaban J connectivity index is 1.77. The largest absolute Gasteiger partial charge is 0.350 e. The van der Waals surface area contributed by atoms with Gasteiger partial charge in [-0.25, -0.2) is 4.39 Å². The minimum absolute atomic E-state index is 0.0290. The number of benzene rings is 3. The van der Waals surface area contributed by atoms with E-state index in [0.717, 1.165) is 10.5 Å². The molecule has 1 aliphatic heterocycles. The minimum atomic E-state index is -0.572. The van der Waals surface area contributed by atoms with Gasteiger partial charge in [0, 0.05) is 22.8 Å². The van der Waals surface area contributed by atoms with E-state index in [9.17, 15) is 24.1 Å². The molecule has 0 fully saturated rings. The third-order valence-corrected chi connectivity index (χ3v) is 5.48. The maximum absolute atomic E-state index is 13.3. The highest BCUT2D eigenvalue weighted by Gasteiger charge is 2.39. The van der Waals surface area contributed by atoms with Gasteiger partial charge in [-0.15, -0.1) is 0 Å². The molecule has 0 bridgehead atoms. The van der Waals surface area contributed by atoms with Crippen LogP contribution in [0.1, 0.15) is 16.7 Å². The molecule has 1 N–H and O–H groups in total. The topological polar surface area (TPSA) is 92.6 Å². The third kappa shape index (κ3) is 4.47. The fraction of sp³-hybridized carbons (Fsp3) is 0.0833. The Morgan fingerprint density at radius 1 is 1.00 bits per heavy atom. The molecule has 1 aliphatic rings. The zero-order valence-electron chi connectivity index (χ0n) is 17.3. The molecular weight excluding hydrogens is 449 g/mol. The first-order valence-electron chi connectivity index (χ1n) is 9.87. The van der Waals surface area contributed by atoms with E-state index in [-0.39, 0.29) is 23.5 Å². The van der Waals surface area contributed by atoms with Crippen LogP contribution in [0, 0.1) is 22.9 Å². The number of non-ortho nitro benzene ring substituents is 1. The van der Waals surface area contributed by atoms with Crippen LogP contribution in [-0.2, 0) is 16.1 Å². The number of hydrogen-bond acceptors (Lipinski definition) is 5. The molecule has 0 saturated carbocycles. The van der Waals surface area contributed by atoms with Crippen LogP contribution >= 0.6 is 11.6 Å². The third-order valence-electron chi connectivity index (χ3n) is 5.25. The van der Waals surface area contributed by atoms with Gasteiger partial charge in [0.25, 0.3) is 17.5 Å². The first kappa shape index (κ1) is 22.2. The zero-order chi connectivity index (χ0) is 23.7. The number of halogens is 2. The van der Waals surface area contributed by atoms with Gasteiger partial charge in [0.2, 0.25) is 0 Å². The Hall–Kier alpha value is -4.04. The summed E-state index contributed by atoms with van der Waals surface area (Å²) >= 11 is 6.10. The summed E-state index contributed by atoms with van der Waals surface area (Å²) in [5, 5.41) is 14.5. The van der Waals surface area contributed by atoms with Gasteiger partial charge in [0.1, 0.15) is 11.5 Å². The summed E-state index contributed by atoms with van der Waals surface area (Å²) in [5.41, 5.74) is 2.23. The zero-order valence-corrected chi connectivity index (χ0v) is 18.1. The van der Waals surface area contributed by atoms with Crippen LogP contribution in [0.3, 0.4) is 0 Å². The van der Waals surface area contributed by atoms with Crippen molar-refractivity contribution in [3.05, 3.63) is 110 Å². The molecule has 0 saturated heterocycles. The van der Waals surface area contributed by atoms with Gasteiger partial charge in [-0.3, -0.25) is 24.6 Å². The number of imide groups is 1. The standard InChI is InChI=1S/C24H17ClFN3O4/c1-14-2-7-17(25)12-20(14)27-22-21(16-5-10-19(11-6-16)29(32)33)23(30)28(24(22)31)13-15-3-8-18(26)9-4-15/h2-12,27H,13H2,1H3. The predicted octanol–water partition coefficient (Wildman–Crippen LogP) is 5.09. The van der Waals surface area contributed by atoms with Crippen molar-refractivity contribution in [2.75, 3.05) is 5.32 Å². The summed E-state index contributed by atoms with van der Waals surface area (Å²) in [7, 11) is 0. The van der Waals surface area contributed by atoms with E-state index in [1.54, 1.807) is 18.2 Å². The van der Waals surface area contributed by atoms with E-state index in [1.165, 1.54) is 48.5 Å². The van der Waals surface area contributed by atoms with Crippen LogP contribution in [0.4, 0.5) is 15.8 Å². The number of aryl methyl sites for hydroxylation is 1. The number of amides is 2. The summed E-state index contributed by atoms with van der Waals surface area (Å²) in [6.45, 7) is 1.76. The lowest BCUT2D eigenvalue weighted by molar-refractivity contribution is -0.384. The smallest absolute Gasteiger partial charge is 0.278 e. The van der Waals surface area contributed by atoms with E-state index in [2.05, 4.69) is 5.32 Å². The van der Waals surface area contributed by atoms with Gasteiger partial charge in [-0.2, -0.15) is 0 Å². The molecule has 0 aliphatic carbocycles. The van der Waals surface area contributed by atoms with E-state index < -0.39 is 22.6 Å². The summed E-state index contributed by atoms with van der Waals surface area (Å²) in [6.07, 6.45) is 0. The minimum Gasteiger partial charge on any atom is -0.350 e. The molecule has 33 heavy (non-hydrogen) atoms. The Morgan fingerprint density at radius 2 is 1.67 bits per heavy atom. The van der Waals surface area contributed by atoms with Gasteiger partial charge in [0.05, 0.1) is 17.0 Å². The molecule has 3 aromatic rings. The lowest BCUT2D eigenvalue weighted by Gasteiger charge is -2.16. The van der Waals surface area contributed by atoms with Crippen LogP contribution < -0.4 is 5.32 Å². The highest BCUT2D eigenvalue weighted by Crippen LogP contribution is 2.33. The SMILES string of the molecule is Cc1ccc(Cl)cc1NC1=C(c2ccc([N+](=O)[O-])cc2)C(=O)N(Cc2ccc(F)cc2)C1=O. The predicted molar refractivity (Wildman–Crippen MR) is 122 cm³/mol. The van der Waals surface area contributed by atoms with Crippen molar-refractivity contribution in [3.63, 3.8) is 0 Å². The maximum atomic E-state index is 13.3. The number of rotatable bonds is 6. The Morgan fingerprint density at radius 3 is 2.30 bits per heavy atom. The number of nitrogens with zero attached hydrogens (tertiary/aromatic N) is 2. The first-order chi connectivity index (χ1) is 15.7. The van der Waals surface area contributed by atoms with Crippen LogP contribution in [0.2, 0.25) is 5.02 Å². The van der Waals surface area contributed by atoms with Crippen LogP contribution in [-0.4, -0.2) is 21.6 Å². The molecule has 0 radical (unpaired) electrons. The lowest BCUT2D eigenvalue weighted by atomic mass is 10.0.